The number of esters is 1. The van der Waals surface area contributed by atoms with Gasteiger partial charge in [0.25, 0.3) is 0 Å². The van der Waals surface area contributed by atoms with E-state index in [1.807, 2.05) is 0 Å². The van der Waals surface area contributed by atoms with Crippen molar-refractivity contribution in [1.29, 1.82) is 0 Å². The second-order valence-electron chi connectivity index (χ2n) is 5.09. The molecule has 0 fully saturated rings. The van der Waals surface area contributed by atoms with Gasteiger partial charge in [0.15, 0.2) is 23.0 Å². The highest BCUT2D eigenvalue weighted by molar-refractivity contribution is 5.84. The minimum atomic E-state index is -0.508. The highest BCUT2D eigenvalue weighted by atomic mass is 16.7. The average molecular weight is 340 g/mol. The van der Waals surface area contributed by atoms with Gasteiger partial charge in [-0.05, 0) is 29.8 Å². The smallest absolute Gasteiger partial charge is 0.336 e. The summed E-state index contributed by atoms with van der Waals surface area (Å²) >= 11 is 0. The zero-order chi connectivity index (χ0) is 17.6. The highest BCUT2D eigenvalue weighted by Gasteiger charge is 2.14. The molecular formula is C19H16O6. The zero-order valence-corrected chi connectivity index (χ0v) is 13.5. The maximum Gasteiger partial charge on any atom is 0.336 e. The summed E-state index contributed by atoms with van der Waals surface area (Å²) in [4.78, 5) is 11.8. The quantitative estimate of drug-likeness (QED) is 0.390. The third-order valence-corrected chi connectivity index (χ3v) is 3.40. The third kappa shape index (κ3) is 4.11. The molecule has 0 unspecified atom stereocenters. The van der Waals surface area contributed by atoms with Gasteiger partial charge in [-0.1, -0.05) is 24.3 Å². The van der Waals surface area contributed by atoms with E-state index in [0.717, 1.165) is 5.56 Å². The van der Waals surface area contributed by atoms with Crippen LogP contribution in [0.25, 0.3) is 6.08 Å². The van der Waals surface area contributed by atoms with E-state index >= 15 is 0 Å². The van der Waals surface area contributed by atoms with Crippen molar-refractivity contribution < 1.29 is 28.8 Å². The Hall–Kier alpha value is -3.41. The van der Waals surface area contributed by atoms with Crippen molar-refractivity contribution in [3.05, 3.63) is 60.2 Å². The van der Waals surface area contributed by atoms with Crippen LogP contribution < -0.4 is 18.9 Å². The first-order valence-corrected chi connectivity index (χ1v) is 7.49. The Kier molecular flexibility index (Phi) is 4.89. The molecule has 0 aromatic heterocycles. The lowest BCUT2D eigenvalue weighted by Gasteiger charge is -2.03. The van der Waals surface area contributed by atoms with Gasteiger partial charge in [-0.2, -0.15) is 0 Å². The molecular weight excluding hydrogens is 324 g/mol. The summed E-state index contributed by atoms with van der Waals surface area (Å²) in [5, 5.41) is 9.54. The van der Waals surface area contributed by atoms with Crippen molar-refractivity contribution >= 4 is 12.0 Å². The first kappa shape index (κ1) is 16.4. The first-order chi connectivity index (χ1) is 12.2. The van der Waals surface area contributed by atoms with Crippen LogP contribution in [0.5, 0.6) is 28.7 Å². The van der Waals surface area contributed by atoms with Gasteiger partial charge in [-0.15, -0.1) is 0 Å². The number of allylic oxidation sites excluding steroid dienone is 2. The molecule has 0 spiro atoms. The predicted octanol–water partition coefficient (Wildman–Crippen LogP) is 3.30. The minimum absolute atomic E-state index is 0.0718. The monoisotopic (exact) mass is 340 g/mol. The second kappa shape index (κ2) is 7.44. The van der Waals surface area contributed by atoms with E-state index in [-0.39, 0.29) is 12.5 Å². The predicted molar refractivity (Wildman–Crippen MR) is 91.0 cm³/mol. The molecule has 3 rings (SSSR count). The van der Waals surface area contributed by atoms with E-state index in [0.29, 0.717) is 23.0 Å². The van der Waals surface area contributed by atoms with Crippen molar-refractivity contribution in [1.82, 2.24) is 0 Å². The van der Waals surface area contributed by atoms with E-state index in [4.69, 9.17) is 18.9 Å². The molecule has 1 heterocycles. The lowest BCUT2D eigenvalue weighted by atomic mass is 10.2. The van der Waals surface area contributed by atoms with Crippen LogP contribution in [0.1, 0.15) is 5.56 Å². The van der Waals surface area contributed by atoms with E-state index in [1.54, 1.807) is 48.6 Å². The average Bonchev–Trinajstić information content (AvgIpc) is 3.07. The van der Waals surface area contributed by atoms with Crippen LogP contribution in [0.15, 0.2) is 54.6 Å². The van der Waals surface area contributed by atoms with E-state index in [9.17, 15) is 9.90 Å². The Morgan fingerprint density at radius 2 is 1.96 bits per heavy atom. The molecule has 6 heteroatoms. The van der Waals surface area contributed by atoms with Gasteiger partial charge in [-0.3, -0.25) is 0 Å². The van der Waals surface area contributed by atoms with E-state index in [1.165, 1.54) is 19.3 Å². The van der Waals surface area contributed by atoms with Crippen LogP contribution in [0.4, 0.5) is 0 Å². The van der Waals surface area contributed by atoms with Crippen molar-refractivity contribution in [2.75, 3.05) is 13.9 Å². The number of methoxy groups -OCH3 is 1. The normalized spacial score (nSPS) is 12.7. The van der Waals surface area contributed by atoms with Crippen LogP contribution in [-0.2, 0) is 4.79 Å². The summed E-state index contributed by atoms with van der Waals surface area (Å²) in [6.45, 7) is 0.166. The molecule has 0 atom stereocenters. The number of phenols is 1. The van der Waals surface area contributed by atoms with Gasteiger partial charge >= 0.3 is 5.97 Å². The fourth-order valence-corrected chi connectivity index (χ4v) is 2.19. The SMILES string of the molecule is COc1cc(C=CC=CC(=O)Oc2ccc3c(c2)OCO3)ccc1O. The van der Waals surface area contributed by atoms with Crippen molar-refractivity contribution in [2.45, 2.75) is 0 Å². The molecule has 1 N–H and O–H groups in total. The number of fused-ring (bicyclic) bond motifs is 1. The standard InChI is InChI=1S/C19H16O6/c1-22-17-10-13(6-8-15(17)20)4-2-3-5-19(21)25-14-7-9-16-18(11-14)24-12-23-16/h2-11,20H,12H2,1H3. The van der Waals surface area contributed by atoms with Crippen LogP contribution in [0.2, 0.25) is 0 Å². The molecule has 0 aliphatic carbocycles. The van der Waals surface area contributed by atoms with Crippen LogP contribution in [0.3, 0.4) is 0 Å². The maximum absolute atomic E-state index is 11.8. The Bertz CT molecular complexity index is 838. The summed E-state index contributed by atoms with van der Waals surface area (Å²) < 4.78 is 20.6. The lowest BCUT2D eigenvalue weighted by Crippen LogP contribution is -2.03. The molecule has 25 heavy (non-hydrogen) atoms. The summed E-state index contributed by atoms with van der Waals surface area (Å²) in [5.41, 5.74) is 0.823. The molecule has 0 saturated heterocycles. The van der Waals surface area contributed by atoms with Gasteiger partial charge in [0, 0.05) is 12.1 Å². The Morgan fingerprint density at radius 1 is 1.12 bits per heavy atom. The highest BCUT2D eigenvalue weighted by Crippen LogP contribution is 2.35. The number of aromatic hydroxyl groups is 1. The number of hydrogen-bond acceptors (Lipinski definition) is 6. The second-order valence-corrected chi connectivity index (χ2v) is 5.09. The number of carbonyl (C=O) groups is 1. The number of hydrogen-bond donors (Lipinski definition) is 1. The largest absolute Gasteiger partial charge is 0.504 e. The topological polar surface area (TPSA) is 74.2 Å². The number of benzene rings is 2. The van der Waals surface area contributed by atoms with Crippen LogP contribution in [-0.4, -0.2) is 25.0 Å². The molecule has 6 nitrogen and oxygen atoms in total. The fraction of sp³-hybridized carbons (Fsp3) is 0.105. The van der Waals surface area contributed by atoms with Crippen molar-refractivity contribution in [3.63, 3.8) is 0 Å². The van der Waals surface area contributed by atoms with Gasteiger partial charge < -0.3 is 24.1 Å². The molecule has 128 valence electrons. The van der Waals surface area contributed by atoms with Gasteiger partial charge in [0.05, 0.1) is 7.11 Å². The molecule has 0 radical (unpaired) electrons. The molecule has 2 aromatic carbocycles. The number of phenolic OH excluding ortho intramolecular Hbond substituents is 1. The van der Waals surface area contributed by atoms with Crippen LogP contribution >= 0.6 is 0 Å². The van der Waals surface area contributed by atoms with Gasteiger partial charge in [0.2, 0.25) is 6.79 Å². The Balaban J connectivity index is 1.57. The molecule has 0 amide bonds. The summed E-state index contributed by atoms with van der Waals surface area (Å²) in [6.07, 6.45) is 6.33. The molecule has 1 aliphatic heterocycles. The van der Waals surface area contributed by atoms with Gasteiger partial charge in [0.1, 0.15) is 5.75 Å². The first-order valence-electron chi connectivity index (χ1n) is 7.49. The summed E-state index contributed by atoms with van der Waals surface area (Å²) in [7, 11) is 1.48. The third-order valence-electron chi connectivity index (χ3n) is 3.40. The summed E-state index contributed by atoms with van der Waals surface area (Å²) in [6, 6.07) is 9.88. The lowest BCUT2D eigenvalue weighted by molar-refractivity contribution is -0.128. The molecule has 2 aromatic rings. The number of carbonyl (C=O) groups excluding carboxylic acids is 1. The van der Waals surface area contributed by atoms with E-state index in [2.05, 4.69) is 0 Å². The van der Waals surface area contributed by atoms with Gasteiger partial charge in [-0.25, -0.2) is 4.79 Å². The number of rotatable bonds is 5. The van der Waals surface area contributed by atoms with Crippen LogP contribution in [0, 0.1) is 0 Å². The fourth-order valence-electron chi connectivity index (χ4n) is 2.19. The van der Waals surface area contributed by atoms with Crippen molar-refractivity contribution in [2.24, 2.45) is 0 Å². The Labute approximate surface area is 144 Å². The zero-order valence-electron chi connectivity index (χ0n) is 13.5. The maximum atomic E-state index is 11.8. The van der Waals surface area contributed by atoms with Crippen molar-refractivity contribution in [3.8, 4) is 28.7 Å². The molecule has 1 aliphatic rings. The molecule has 0 bridgehead atoms. The minimum Gasteiger partial charge on any atom is -0.504 e. The van der Waals surface area contributed by atoms with E-state index < -0.39 is 5.97 Å². The summed E-state index contributed by atoms with van der Waals surface area (Å²) in [5.74, 6) is 1.51. The Morgan fingerprint density at radius 3 is 2.80 bits per heavy atom. The number of ether oxygens (including phenoxy) is 4. The molecule has 0 saturated carbocycles.